The van der Waals surface area contributed by atoms with Gasteiger partial charge in [-0.15, -0.1) is 0 Å². The summed E-state index contributed by atoms with van der Waals surface area (Å²) in [7, 11) is 0. The summed E-state index contributed by atoms with van der Waals surface area (Å²) in [5.74, 6) is 4.47. The molecular formula is C11H7BrN2O2. The number of carbonyl (C=O) groups is 1. The molecule has 0 aliphatic carbocycles. The van der Waals surface area contributed by atoms with Gasteiger partial charge >= 0.3 is 5.97 Å². The molecule has 0 fully saturated rings. The molecule has 0 amide bonds. The number of halogens is 1. The summed E-state index contributed by atoms with van der Waals surface area (Å²) in [5, 5.41) is 9.35. The summed E-state index contributed by atoms with van der Waals surface area (Å²) in [5.41, 5.74) is 1.49. The normalized spacial score (nSPS) is 9.81. The van der Waals surface area contributed by atoms with Gasteiger partial charge in [0.2, 0.25) is 0 Å². The Bertz CT molecular complexity index is 607. The highest BCUT2D eigenvalue weighted by Gasteiger charge is 2.02. The minimum atomic E-state index is -0.924. The Morgan fingerprint density at radius 1 is 1.62 bits per heavy atom. The fourth-order valence-corrected chi connectivity index (χ4v) is 1.63. The first-order valence-electron chi connectivity index (χ1n) is 4.50. The van der Waals surface area contributed by atoms with Crippen LogP contribution in [0.3, 0.4) is 0 Å². The summed E-state index contributed by atoms with van der Waals surface area (Å²) >= 11 is 3.32. The monoisotopic (exact) mass is 278 g/mol. The highest BCUT2D eigenvalue weighted by atomic mass is 79.9. The second-order valence-electron chi connectivity index (χ2n) is 3.12. The van der Waals surface area contributed by atoms with Crippen molar-refractivity contribution in [3.8, 4) is 11.8 Å². The van der Waals surface area contributed by atoms with Gasteiger partial charge < -0.3 is 10.1 Å². The van der Waals surface area contributed by atoms with Crippen molar-refractivity contribution in [1.29, 1.82) is 0 Å². The molecule has 0 aliphatic rings. The van der Waals surface area contributed by atoms with E-state index in [2.05, 4.69) is 37.7 Å². The number of nitrogens with one attached hydrogen (secondary N) is 1. The van der Waals surface area contributed by atoms with Crippen LogP contribution in [0.5, 0.6) is 0 Å². The van der Waals surface area contributed by atoms with Crippen molar-refractivity contribution < 1.29 is 9.90 Å². The first kappa shape index (κ1) is 10.7. The van der Waals surface area contributed by atoms with Crippen molar-refractivity contribution in [1.82, 2.24) is 9.97 Å². The molecular weight excluding hydrogens is 272 g/mol. The number of H-pyrrole nitrogens is 1. The lowest BCUT2D eigenvalue weighted by Gasteiger charge is -1.90. The van der Waals surface area contributed by atoms with E-state index in [1.54, 1.807) is 12.4 Å². The molecule has 0 saturated carbocycles. The van der Waals surface area contributed by atoms with Gasteiger partial charge in [-0.25, -0.2) is 4.98 Å². The van der Waals surface area contributed by atoms with E-state index in [1.165, 1.54) is 0 Å². The number of hydrogen-bond acceptors (Lipinski definition) is 2. The molecule has 0 aromatic carbocycles. The van der Waals surface area contributed by atoms with Gasteiger partial charge in [0.05, 0.1) is 5.56 Å². The number of fused-ring (bicyclic) bond motifs is 1. The maximum absolute atomic E-state index is 10.3. The Balaban J connectivity index is 2.40. The Morgan fingerprint density at radius 3 is 3.19 bits per heavy atom. The van der Waals surface area contributed by atoms with Crippen LogP contribution in [0.15, 0.2) is 22.9 Å². The van der Waals surface area contributed by atoms with E-state index in [0.717, 1.165) is 21.1 Å². The molecule has 0 spiro atoms. The molecule has 16 heavy (non-hydrogen) atoms. The fraction of sp³-hybridized carbons (Fsp3) is 0.0909. The largest absolute Gasteiger partial charge is 0.481 e. The summed E-state index contributed by atoms with van der Waals surface area (Å²) in [6.07, 6.45) is 3.25. The summed E-state index contributed by atoms with van der Waals surface area (Å²) in [6, 6.07) is 1.89. The maximum atomic E-state index is 10.3. The number of carboxylic acid groups (broad SMARTS) is 1. The van der Waals surface area contributed by atoms with Gasteiger partial charge in [0, 0.05) is 22.3 Å². The van der Waals surface area contributed by atoms with Gasteiger partial charge in [0.15, 0.2) is 0 Å². The van der Waals surface area contributed by atoms with Gasteiger partial charge in [-0.3, -0.25) is 4.79 Å². The minimum Gasteiger partial charge on any atom is -0.481 e. The molecule has 0 atom stereocenters. The standard InChI is InChI=1S/C11H7BrN2O2/c12-8-4-9-7(2-1-3-10(15)16)5-13-11(9)14-6-8/h4-6H,3H2,(H,13,14)(H,15,16). The van der Waals surface area contributed by atoms with Gasteiger partial charge in [0.1, 0.15) is 12.1 Å². The van der Waals surface area contributed by atoms with Crippen molar-refractivity contribution in [3.63, 3.8) is 0 Å². The van der Waals surface area contributed by atoms with Gasteiger partial charge in [-0.2, -0.15) is 0 Å². The Hall–Kier alpha value is -1.80. The van der Waals surface area contributed by atoms with E-state index in [9.17, 15) is 4.79 Å². The van der Waals surface area contributed by atoms with Gasteiger partial charge in [-0.1, -0.05) is 11.8 Å². The predicted octanol–water partition coefficient (Wildman–Crippen LogP) is 2.15. The predicted molar refractivity (Wildman–Crippen MR) is 62.9 cm³/mol. The average molecular weight is 279 g/mol. The first-order valence-corrected chi connectivity index (χ1v) is 5.29. The zero-order valence-electron chi connectivity index (χ0n) is 8.12. The summed E-state index contributed by atoms with van der Waals surface area (Å²) in [6.45, 7) is 0. The molecule has 2 heterocycles. The molecule has 0 saturated heterocycles. The number of carboxylic acids is 1. The molecule has 2 aromatic heterocycles. The zero-order chi connectivity index (χ0) is 11.5. The van der Waals surface area contributed by atoms with Crippen molar-refractivity contribution in [2.24, 2.45) is 0 Å². The van der Waals surface area contributed by atoms with Crippen molar-refractivity contribution in [3.05, 3.63) is 28.5 Å². The molecule has 0 bridgehead atoms. The third-order valence-electron chi connectivity index (χ3n) is 1.96. The number of pyridine rings is 1. The smallest absolute Gasteiger partial charge is 0.315 e. The van der Waals surface area contributed by atoms with Crippen LogP contribution in [0, 0.1) is 11.8 Å². The molecule has 4 nitrogen and oxygen atoms in total. The van der Waals surface area contributed by atoms with Crippen LogP contribution in [0.4, 0.5) is 0 Å². The molecule has 0 unspecified atom stereocenters. The Morgan fingerprint density at radius 2 is 2.44 bits per heavy atom. The van der Waals surface area contributed by atoms with Gasteiger partial charge in [-0.05, 0) is 22.0 Å². The van der Waals surface area contributed by atoms with E-state index in [4.69, 9.17) is 5.11 Å². The highest BCUT2D eigenvalue weighted by molar-refractivity contribution is 9.10. The summed E-state index contributed by atoms with van der Waals surface area (Å²) < 4.78 is 0.862. The third-order valence-corrected chi connectivity index (χ3v) is 2.39. The first-order chi connectivity index (χ1) is 7.66. The maximum Gasteiger partial charge on any atom is 0.315 e. The van der Waals surface area contributed by atoms with Crippen LogP contribution in [-0.2, 0) is 4.79 Å². The number of rotatable bonds is 1. The Labute approximate surface area is 99.8 Å². The van der Waals surface area contributed by atoms with Crippen molar-refractivity contribution in [2.75, 3.05) is 0 Å². The zero-order valence-corrected chi connectivity index (χ0v) is 9.71. The minimum absolute atomic E-state index is 0.159. The average Bonchev–Trinajstić information content (AvgIpc) is 2.60. The van der Waals surface area contributed by atoms with Crippen molar-refractivity contribution in [2.45, 2.75) is 6.42 Å². The topological polar surface area (TPSA) is 66.0 Å². The van der Waals surface area contributed by atoms with Crippen LogP contribution >= 0.6 is 15.9 Å². The van der Waals surface area contributed by atoms with Crippen LogP contribution in [0.2, 0.25) is 0 Å². The number of hydrogen-bond donors (Lipinski definition) is 2. The van der Waals surface area contributed by atoms with E-state index in [0.29, 0.717) is 0 Å². The number of aromatic nitrogens is 2. The quantitative estimate of drug-likeness (QED) is 0.786. The second-order valence-corrected chi connectivity index (χ2v) is 4.04. The number of aromatic amines is 1. The lowest BCUT2D eigenvalue weighted by atomic mass is 10.2. The summed E-state index contributed by atoms with van der Waals surface area (Å²) in [4.78, 5) is 17.4. The number of nitrogens with zero attached hydrogens (tertiary/aromatic N) is 1. The van der Waals surface area contributed by atoms with Gasteiger partial charge in [0.25, 0.3) is 0 Å². The van der Waals surface area contributed by atoms with Crippen LogP contribution in [-0.4, -0.2) is 21.0 Å². The Kier molecular flexibility index (Phi) is 2.93. The molecule has 5 heteroatoms. The van der Waals surface area contributed by atoms with E-state index < -0.39 is 5.97 Å². The van der Waals surface area contributed by atoms with Crippen LogP contribution in [0.25, 0.3) is 11.0 Å². The molecule has 2 N–H and O–H groups in total. The van der Waals surface area contributed by atoms with E-state index >= 15 is 0 Å². The number of aliphatic carboxylic acids is 1. The highest BCUT2D eigenvalue weighted by Crippen LogP contribution is 2.19. The van der Waals surface area contributed by atoms with E-state index in [1.807, 2.05) is 6.07 Å². The molecule has 2 aromatic rings. The fourth-order valence-electron chi connectivity index (χ4n) is 1.30. The van der Waals surface area contributed by atoms with Crippen LogP contribution < -0.4 is 0 Å². The molecule has 80 valence electrons. The second kappa shape index (κ2) is 4.37. The lowest BCUT2D eigenvalue weighted by Crippen LogP contribution is -1.90. The van der Waals surface area contributed by atoms with Crippen molar-refractivity contribution >= 4 is 32.9 Å². The van der Waals surface area contributed by atoms with Crippen LogP contribution in [0.1, 0.15) is 12.0 Å². The molecule has 0 aliphatic heterocycles. The molecule has 2 rings (SSSR count). The third kappa shape index (κ3) is 2.23. The van der Waals surface area contributed by atoms with E-state index in [-0.39, 0.29) is 6.42 Å². The SMILES string of the molecule is O=C(O)CC#Cc1c[nH]c2ncc(Br)cc12. The molecule has 0 radical (unpaired) electrons. The lowest BCUT2D eigenvalue weighted by molar-refractivity contribution is -0.135.